The van der Waals surface area contributed by atoms with Gasteiger partial charge in [-0.05, 0) is 30.5 Å². The highest BCUT2D eigenvalue weighted by molar-refractivity contribution is 7.89. The molecule has 1 aromatic rings. The maximum atomic E-state index is 11.3. The van der Waals surface area contributed by atoms with Crippen LogP contribution in [0.15, 0.2) is 28.2 Å². The third-order valence-electron chi connectivity index (χ3n) is 2.07. The second-order valence-corrected chi connectivity index (χ2v) is 4.89. The van der Waals surface area contributed by atoms with Crippen molar-refractivity contribution in [3.05, 3.63) is 39.8 Å². The molecule has 0 aliphatic heterocycles. The maximum Gasteiger partial charge on any atom is 0.238 e. The quantitative estimate of drug-likeness (QED) is 0.488. The van der Waals surface area contributed by atoms with Crippen molar-refractivity contribution in [1.29, 1.82) is 0 Å². The predicted molar refractivity (Wildman–Crippen MR) is 60.3 cm³/mol. The first-order chi connectivity index (χ1) is 7.45. The molecule has 2 N–H and O–H groups in total. The largest absolute Gasteiger partial charge is 0.238 e. The Morgan fingerprint density at radius 1 is 1.50 bits per heavy atom. The maximum absolute atomic E-state index is 11.3. The van der Waals surface area contributed by atoms with Gasteiger partial charge >= 0.3 is 0 Å². The molecule has 0 aromatic heterocycles. The number of primary sulfonamides is 1. The standard InChI is InChI=1S/C9H12N4O2S/c1-7-2-3-9(16(11,14)15)8(6-7)4-5-12-13-10/h2-3,6H,4-5H2,1H3,(H2,11,14,15). The summed E-state index contributed by atoms with van der Waals surface area (Å²) in [4.78, 5) is 2.70. The van der Waals surface area contributed by atoms with Crippen molar-refractivity contribution in [2.75, 3.05) is 6.54 Å². The molecule has 0 saturated carbocycles. The molecule has 0 aliphatic carbocycles. The van der Waals surface area contributed by atoms with E-state index in [0.717, 1.165) is 5.56 Å². The molecular formula is C9H12N4O2S. The second kappa shape index (κ2) is 4.98. The predicted octanol–water partition coefficient (Wildman–Crippen LogP) is 1.50. The van der Waals surface area contributed by atoms with E-state index in [1.54, 1.807) is 12.1 Å². The molecule has 0 heterocycles. The van der Waals surface area contributed by atoms with Crippen LogP contribution in [0.5, 0.6) is 0 Å². The Kier molecular flexibility index (Phi) is 3.89. The molecule has 0 aliphatic rings. The highest BCUT2D eigenvalue weighted by Crippen LogP contribution is 2.16. The van der Waals surface area contributed by atoms with Gasteiger partial charge in [0.25, 0.3) is 0 Å². The smallest absolute Gasteiger partial charge is 0.225 e. The van der Waals surface area contributed by atoms with E-state index in [9.17, 15) is 8.42 Å². The summed E-state index contributed by atoms with van der Waals surface area (Å²) in [6.07, 6.45) is 0.359. The van der Waals surface area contributed by atoms with Gasteiger partial charge in [-0.25, -0.2) is 13.6 Å². The first-order valence-corrected chi connectivity index (χ1v) is 6.13. The number of rotatable bonds is 4. The number of sulfonamides is 1. The SMILES string of the molecule is Cc1ccc(S(N)(=O)=O)c(CCN=[N+]=[N-])c1. The zero-order valence-corrected chi connectivity index (χ0v) is 9.61. The van der Waals surface area contributed by atoms with Gasteiger partial charge in [0.15, 0.2) is 0 Å². The summed E-state index contributed by atoms with van der Waals surface area (Å²) >= 11 is 0. The van der Waals surface area contributed by atoms with Crippen LogP contribution in [-0.4, -0.2) is 15.0 Å². The third-order valence-corrected chi connectivity index (χ3v) is 3.08. The van der Waals surface area contributed by atoms with Gasteiger partial charge in [-0.2, -0.15) is 0 Å². The van der Waals surface area contributed by atoms with Crippen molar-refractivity contribution in [2.24, 2.45) is 10.3 Å². The fourth-order valence-electron chi connectivity index (χ4n) is 1.40. The van der Waals surface area contributed by atoms with Gasteiger partial charge in [-0.1, -0.05) is 22.8 Å². The second-order valence-electron chi connectivity index (χ2n) is 3.36. The molecule has 0 saturated heterocycles. The van der Waals surface area contributed by atoms with Gasteiger partial charge in [0.2, 0.25) is 10.0 Å². The summed E-state index contributed by atoms with van der Waals surface area (Å²) in [5.41, 5.74) is 9.66. The third kappa shape index (κ3) is 3.23. The highest BCUT2D eigenvalue weighted by atomic mass is 32.2. The van der Waals surface area contributed by atoms with Gasteiger partial charge in [0.05, 0.1) is 4.90 Å². The molecule has 1 rings (SSSR count). The topological polar surface area (TPSA) is 109 Å². The average Bonchev–Trinajstić information content (AvgIpc) is 2.16. The minimum Gasteiger partial charge on any atom is -0.225 e. The lowest BCUT2D eigenvalue weighted by molar-refractivity contribution is 0.596. The van der Waals surface area contributed by atoms with Gasteiger partial charge in [0.1, 0.15) is 0 Å². The van der Waals surface area contributed by atoms with Gasteiger partial charge in [-0.3, -0.25) is 0 Å². The van der Waals surface area contributed by atoms with Crippen LogP contribution in [0.4, 0.5) is 0 Å². The van der Waals surface area contributed by atoms with Crippen molar-refractivity contribution in [1.82, 2.24) is 0 Å². The van der Waals surface area contributed by atoms with E-state index in [2.05, 4.69) is 10.0 Å². The Morgan fingerprint density at radius 3 is 2.75 bits per heavy atom. The summed E-state index contributed by atoms with van der Waals surface area (Å²) in [6, 6.07) is 4.87. The zero-order valence-electron chi connectivity index (χ0n) is 8.79. The molecule has 0 spiro atoms. The number of hydrogen-bond acceptors (Lipinski definition) is 3. The summed E-state index contributed by atoms with van der Waals surface area (Å²) < 4.78 is 22.5. The van der Waals surface area contributed by atoms with E-state index in [4.69, 9.17) is 10.7 Å². The molecule has 0 fully saturated rings. The minimum absolute atomic E-state index is 0.0891. The van der Waals surface area contributed by atoms with Crippen LogP contribution >= 0.6 is 0 Å². The molecule has 16 heavy (non-hydrogen) atoms. The highest BCUT2D eigenvalue weighted by Gasteiger charge is 2.13. The molecule has 6 nitrogen and oxygen atoms in total. The van der Waals surface area contributed by atoms with Crippen molar-refractivity contribution in [2.45, 2.75) is 18.2 Å². The molecule has 1 aromatic carbocycles. The lowest BCUT2D eigenvalue weighted by Crippen LogP contribution is -2.15. The average molecular weight is 240 g/mol. The Balaban J connectivity index is 3.13. The lowest BCUT2D eigenvalue weighted by Gasteiger charge is -2.07. The Morgan fingerprint density at radius 2 is 2.19 bits per heavy atom. The number of aryl methyl sites for hydroxylation is 1. The molecule has 0 atom stereocenters. The zero-order chi connectivity index (χ0) is 12.2. The van der Waals surface area contributed by atoms with Crippen LogP contribution < -0.4 is 5.14 Å². The van der Waals surface area contributed by atoms with Crippen molar-refractivity contribution in [3.63, 3.8) is 0 Å². The summed E-state index contributed by atoms with van der Waals surface area (Å²) in [7, 11) is -3.72. The number of azide groups is 1. The van der Waals surface area contributed by atoms with E-state index >= 15 is 0 Å². The van der Waals surface area contributed by atoms with E-state index in [1.165, 1.54) is 6.07 Å². The Bertz CT molecular complexity index is 532. The number of nitrogens with two attached hydrogens (primary N) is 1. The summed E-state index contributed by atoms with van der Waals surface area (Å²) in [5.74, 6) is 0. The summed E-state index contributed by atoms with van der Waals surface area (Å²) in [5, 5.41) is 8.45. The van der Waals surface area contributed by atoms with E-state index in [-0.39, 0.29) is 11.4 Å². The van der Waals surface area contributed by atoms with Crippen molar-refractivity contribution in [3.8, 4) is 0 Å². The van der Waals surface area contributed by atoms with Crippen molar-refractivity contribution >= 4 is 10.0 Å². The number of nitrogens with zero attached hydrogens (tertiary/aromatic N) is 3. The van der Waals surface area contributed by atoms with Crippen LogP contribution in [0.1, 0.15) is 11.1 Å². The van der Waals surface area contributed by atoms with Gasteiger partial charge < -0.3 is 0 Å². The van der Waals surface area contributed by atoms with Crippen molar-refractivity contribution < 1.29 is 8.42 Å². The molecular weight excluding hydrogens is 228 g/mol. The normalized spacial score (nSPS) is 10.9. The van der Waals surface area contributed by atoms with Crippen LogP contribution in [-0.2, 0) is 16.4 Å². The minimum atomic E-state index is -3.72. The van der Waals surface area contributed by atoms with Crippen LogP contribution in [0.2, 0.25) is 0 Å². The van der Waals surface area contributed by atoms with Gasteiger partial charge in [-0.15, -0.1) is 0 Å². The molecule has 0 unspecified atom stereocenters. The number of benzene rings is 1. The first kappa shape index (κ1) is 12.5. The summed E-state index contributed by atoms with van der Waals surface area (Å²) in [6.45, 7) is 2.06. The van der Waals surface area contributed by atoms with Crippen LogP contribution in [0.25, 0.3) is 10.4 Å². The van der Waals surface area contributed by atoms with Crippen LogP contribution in [0, 0.1) is 6.92 Å². The lowest BCUT2D eigenvalue weighted by atomic mass is 10.1. The molecule has 86 valence electrons. The van der Waals surface area contributed by atoms with E-state index < -0.39 is 10.0 Å². The van der Waals surface area contributed by atoms with Crippen LogP contribution in [0.3, 0.4) is 0 Å². The number of hydrogen-bond donors (Lipinski definition) is 1. The molecule has 7 heteroatoms. The van der Waals surface area contributed by atoms with E-state index in [1.807, 2.05) is 6.92 Å². The molecule has 0 radical (unpaired) electrons. The Labute approximate surface area is 93.8 Å². The fraction of sp³-hybridized carbons (Fsp3) is 0.333. The monoisotopic (exact) mass is 240 g/mol. The molecule has 0 amide bonds. The fourth-order valence-corrected chi connectivity index (χ4v) is 2.18. The molecule has 0 bridgehead atoms. The van der Waals surface area contributed by atoms with Gasteiger partial charge in [0, 0.05) is 11.5 Å². The first-order valence-electron chi connectivity index (χ1n) is 4.58. The van der Waals surface area contributed by atoms with E-state index in [0.29, 0.717) is 12.0 Å². The Hall–Kier alpha value is -1.56.